The topological polar surface area (TPSA) is 72.2 Å². The number of hydrogen-bond acceptors (Lipinski definition) is 3. The van der Waals surface area contributed by atoms with Crippen LogP contribution in [0, 0.1) is 12.3 Å². The first-order valence-corrected chi connectivity index (χ1v) is 7.23. The number of terminal acetylenes is 1. The fourth-order valence-electron chi connectivity index (χ4n) is 1.61. The Labute approximate surface area is 109 Å². The molecular formula is C13H18N2O2S. The van der Waals surface area contributed by atoms with E-state index in [1.54, 1.807) is 19.1 Å². The first kappa shape index (κ1) is 14.6. The molecule has 0 radical (unpaired) electrons. The molecule has 0 aromatic heterocycles. The molecule has 0 aliphatic carbocycles. The first-order valence-electron chi connectivity index (χ1n) is 5.75. The average molecular weight is 266 g/mol. The molecule has 0 heterocycles. The van der Waals surface area contributed by atoms with Crippen LogP contribution in [0.2, 0.25) is 0 Å². The summed E-state index contributed by atoms with van der Waals surface area (Å²) in [5.41, 5.74) is 7.22. The number of rotatable bonds is 5. The molecule has 4 nitrogen and oxygen atoms in total. The molecule has 18 heavy (non-hydrogen) atoms. The number of benzene rings is 1. The van der Waals surface area contributed by atoms with Crippen molar-refractivity contribution in [2.45, 2.75) is 37.6 Å². The van der Waals surface area contributed by atoms with E-state index in [0.717, 1.165) is 12.0 Å². The summed E-state index contributed by atoms with van der Waals surface area (Å²) in [6, 6.07) is 4.46. The fourth-order valence-corrected chi connectivity index (χ4v) is 2.89. The van der Waals surface area contributed by atoms with Gasteiger partial charge in [-0.25, -0.2) is 13.1 Å². The maximum Gasteiger partial charge on any atom is 0.240 e. The van der Waals surface area contributed by atoms with E-state index in [1.165, 1.54) is 6.07 Å². The van der Waals surface area contributed by atoms with Crippen LogP contribution in [0.1, 0.15) is 25.8 Å². The Kier molecular flexibility index (Phi) is 4.76. The number of aryl methyl sites for hydroxylation is 1. The molecule has 0 saturated heterocycles. The summed E-state index contributed by atoms with van der Waals surface area (Å²) >= 11 is 0. The molecule has 1 aromatic rings. The highest BCUT2D eigenvalue weighted by Gasteiger charge is 2.17. The smallest absolute Gasteiger partial charge is 0.240 e. The zero-order valence-corrected chi connectivity index (χ0v) is 11.4. The normalized spacial score (nSPS) is 12.9. The van der Waals surface area contributed by atoms with Gasteiger partial charge in [-0.2, -0.15) is 0 Å². The van der Waals surface area contributed by atoms with Gasteiger partial charge in [-0.15, -0.1) is 12.3 Å². The molecule has 0 saturated carbocycles. The Balaban J connectivity index is 2.99. The Morgan fingerprint density at radius 1 is 1.50 bits per heavy atom. The molecule has 0 aliphatic heterocycles. The van der Waals surface area contributed by atoms with Crippen molar-refractivity contribution < 1.29 is 8.42 Å². The Morgan fingerprint density at radius 2 is 2.17 bits per heavy atom. The van der Waals surface area contributed by atoms with Crippen LogP contribution in [0.5, 0.6) is 0 Å². The van der Waals surface area contributed by atoms with Crippen LogP contribution < -0.4 is 10.5 Å². The lowest BCUT2D eigenvalue weighted by atomic mass is 10.1. The van der Waals surface area contributed by atoms with Crippen LogP contribution >= 0.6 is 0 Å². The maximum atomic E-state index is 12.0. The molecule has 0 spiro atoms. The summed E-state index contributed by atoms with van der Waals surface area (Å²) in [4.78, 5) is 0.168. The third-order valence-electron chi connectivity index (χ3n) is 2.59. The molecule has 0 fully saturated rings. The molecule has 1 unspecified atom stereocenters. The monoisotopic (exact) mass is 266 g/mol. The maximum absolute atomic E-state index is 12.0. The minimum atomic E-state index is -3.55. The number of nitrogen functional groups attached to an aromatic ring is 1. The minimum Gasteiger partial charge on any atom is -0.398 e. The molecule has 0 amide bonds. The van der Waals surface area contributed by atoms with Crippen molar-refractivity contribution in [3.05, 3.63) is 23.8 Å². The molecule has 0 bridgehead atoms. The standard InChI is InChI=1S/C13H18N2O2S/c1-4-6-10(3)15-18(16,17)12-8-7-11(5-2)13(14)9-12/h1,7-10,15H,5-6,14H2,2-3H3. The molecule has 1 atom stereocenters. The highest BCUT2D eigenvalue weighted by Crippen LogP contribution is 2.18. The van der Waals surface area contributed by atoms with Crippen LogP contribution in [0.3, 0.4) is 0 Å². The number of sulfonamides is 1. The summed E-state index contributed by atoms with van der Waals surface area (Å²) in [5, 5.41) is 0. The summed E-state index contributed by atoms with van der Waals surface area (Å²) in [6.07, 6.45) is 6.26. The van der Waals surface area contributed by atoms with E-state index in [4.69, 9.17) is 12.2 Å². The summed E-state index contributed by atoms with van der Waals surface area (Å²) in [7, 11) is -3.55. The van der Waals surface area contributed by atoms with Crippen molar-refractivity contribution in [3.63, 3.8) is 0 Å². The van der Waals surface area contributed by atoms with E-state index in [0.29, 0.717) is 12.1 Å². The predicted molar refractivity (Wildman–Crippen MR) is 73.5 cm³/mol. The van der Waals surface area contributed by atoms with Crippen LogP contribution in [0.15, 0.2) is 23.1 Å². The molecule has 1 aromatic carbocycles. The van der Waals surface area contributed by atoms with Crippen LogP contribution in [0.25, 0.3) is 0 Å². The van der Waals surface area contributed by atoms with E-state index in [9.17, 15) is 8.42 Å². The van der Waals surface area contributed by atoms with Gasteiger partial charge in [0.2, 0.25) is 10.0 Å². The van der Waals surface area contributed by atoms with Crippen LogP contribution in [0.4, 0.5) is 5.69 Å². The van der Waals surface area contributed by atoms with Gasteiger partial charge in [0.05, 0.1) is 4.90 Å². The molecule has 98 valence electrons. The SMILES string of the molecule is C#CCC(C)NS(=O)(=O)c1ccc(CC)c(N)c1. The van der Waals surface area contributed by atoms with Gasteiger partial charge in [0, 0.05) is 18.2 Å². The quantitative estimate of drug-likeness (QED) is 0.627. The second-order valence-corrected chi connectivity index (χ2v) is 5.86. The average Bonchev–Trinajstić information content (AvgIpc) is 2.28. The van der Waals surface area contributed by atoms with Crippen molar-refractivity contribution in [1.82, 2.24) is 4.72 Å². The summed E-state index contributed by atoms with van der Waals surface area (Å²) in [6.45, 7) is 3.69. The van der Waals surface area contributed by atoms with Gasteiger partial charge >= 0.3 is 0 Å². The van der Waals surface area contributed by atoms with Crippen molar-refractivity contribution in [3.8, 4) is 12.3 Å². The van der Waals surface area contributed by atoms with Gasteiger partial charge < -0.3 is 5.73 Å². The van der Waals surface area contributed by atoms with Crippen molar-refractivity contribution in [1.29, 1.82) is 0 Å². The van der Waals surface area contributed by atoms with Gasteiger partial charge in [-0.3, -0.25) is 0 Å². The lowest BCUT2D eigenvalue weighted by Gasteiger charge is -2.13. The number of hydrogen-bond donors (Lipinski definition) is 2. The second kappa shape index (κ2) is 5.89. The Morgan fingerprint density at radius 3 is 2.67 bits per heavy atom. The van der Waals surface area contributed by atoms with E-state index in [1.807, 2.05) is 6.92 Å². The minimum absolute atomic E-state index is 0.168. The highest BCUT2D eigenvalue weighted by atomic mass is 32.2. The predicted octanol–water partition coefficient (Wildman–Crippen LogP) is 1.52. The number of nitrogens with two attached hydrogens (primary N) is 1. The van der Waals surface area contributed by atoms with Gasteiger partial charge in [-0.1, -0.05) is 13.0 Å². The van der Waals surface area contributed by atoms with E-state index in [-0.39, 0.29) is 10.9 Å². The summed E-state index contributed by atoms with van der Waals surface area (Å²) in [5.74, 6) is 2.42. The third-order valence-corrected chi connectivity index (χ3v) is 4.18. The second-order valence-electron chi connectivity index (χ2n) is 4.14. The fraction of sp³-hybridized carbons (Fsp3) is 0.385. The molecule has 0 aliphatic rings. The van der Waals surface area contributed by atoms with Crippen LogP contribution in [-0.2, 0) is 16.4 Å². The van der Waals surface area contributed by atoms with Gasteiger partial charge in [0.1, 0.15) is 0 Å². The van der Waals surface area contributed by atoms with Gasteiger partial charge in [0.25, 0.3) is 0 Å². The molecular weight excluding hydrogens is 248 g/mol. The van der Waals surface area contributed by atoms with Gasteiger partial charge in [0.15, 0.2) is 0 Å². The van der Waals surface area contributed by atoms with Crippen molar-refractivity contribution in [2.24, 2.45) is 0 Å². The number of anilines is 1. The van der Waals surface area contributed by atoms with E-state index >= 15 is 0 Å². The number of nitrogens with one attached hydrogen (secondary N) is 1. The zero-order chi connectivity index (χ0) is 13.8. The lowest BCUT2D eigenvalue weighted by Crippen LogP contribution is -2.32. The van der Waals surface area contributed by atoms with E-state index < -0.39 is 10.0 Å². The van der Waals surface area contributed by atoms with E-state index in [2.05, 4.69) is 10.6 Å². The van der Waals surface area contributed by atoms with Gasteiger partial charge in [-0.05, 0) is 31.0 Å². The molecule has 5 heteroatoms. The zero-order valence-electron chi connectivity index (χ0n) is 10.6. The molecule has 3 N–H and O–H groups in total. The Hall–Kier alpha value is -1.51. The van der Waals surface area contributed by atoms with Crippen molar-refractivity contribution in [2.75, 3.05) is 5.73 Å². The third kappa shape index (κ3) is 3.49. The van der Waals surface area contributed by atoms with Crippen molar-refractivity contribution >= 4 is 15.7 Å². The Bertz CT molecular complexity index is 559. The molecule has 1 rings (SSSR count). The lowest BCUT2D eigenvalue weighted by molar-refractivity contribution is 0.563. The van der Waals surface area contributed by atoms with Crippen LogP contribution in [-0.4, -0.2) is 14.5 Å². The highest BCUT2D eigenvalue weighted by molar-refractivity contribution is 7.89. The largest absolute Gasteiger partial charge is 0.398 e. The first-order chi connectivity index (χ1) is 8.40. The summed E-state index contributed by atoms with van der Waals surface area (Å²) < 4.78 is 26.6.